The number of hydrogen-bond donors (Lipinski definition) is 1. The smallest absolute Gasteiger partial charge is 0.272 e. The van der Waals surface area contributed by atoms with Crippen LogP contribution in [-0.4, -0.2) is 20.6 Å². The Bertz CT molecular complexity index is 1100. The summed E-state index contributed by atoms with van der Waals surface area (Å²) in [5.41, 5.74) is -0.578. The van der Waals surface area contributed by atoms with Crippen LogP contribution < -0.4 is 5.32 Å². The van der Waals surface area contributed by atoms with E-state index in [2.05, 4.69) is 10.4 Å². The number of halogens is 4. The van der Waals surface area contributed by atoms with Gasteiger partial charge < -0.3 is 5.32 Å². The molecule has 0 aliphatic heterocycles. The number of aromatic nitrogens is 2. The topological polar surface area (TPSA) is 90.1 Å². The van der Waals surface area contributed by atoms with Gasteiger partial charge in [0.05, 0.1) is 17.0 Å². The summed E-state index contributed by atoms with van der Waals surface area (Å²) in [5, 5.41) is 17.1. The quantitative estimate of drug-likeness (QED) is 0.300. The highest BCUT2D eigenvalue weighted by Crippen LogP contribution is 2.21. The lowest BCUT2D eigenvalue weighted by Gasteiger charge is -2.07. The van der Waals surface area contributed by atoms with E-state index in [9.17, 15) is 32.5 Å². The lowest BCUT2D eigenvalue weighted by molar-refractivity contribution is -0.385. The third-order valence-corrected chi connectivity index (χ3v) is 4.06. The summed E-state index contributed by atoms with van der Waals surface area (Å²) in [4.78, 5) is 22.5. The predicted octanol–water partition coefficient (Wildman–Crippen LogP) is 3.96. The van der Waals surface area contributed by atoms with E-state index in [0.717, 1.165) is 4.68 Å². The van der Waals surface area contributed by atoms with Gasteiger partial charge in [-0.3, -0.25) is 19.6 Å². The Kier molecular flexibility index (Phi) is 5.31. The fraction of sp³-hybridized carbons (Fsp3) is 0.111. The molecule has 11 heteroatoms. The number of anilines is 1. The van der Waals surface area contributed by atoms with E-state index in [-0.39, 0.29) is 28.7 Å². The van der Waals surface area contributed by atoms with Gasteiger partial charge in [-0.25, -0.2) is 17.6 Å². The number of aryl methyl sites for hydroxylation is 1. The van der Waals surface area contributed by atoms with E-state index < -0.39 is 46.2 Å². The number of benzene rings is 2. The normalized spacial score (nSPS) is 10.8. The lowest BCUT2D eigenvalue weighted by atomic mass is 10.1. The number of nitro groups is 1. The Morgan fingerprint density at radius 1 is 1.14 bits per heavy atom. The second kappa shape index (κ2) is 7.70. The van der Waals surface area contributed by atoms with Crippen LogP contribution in [0.5, 0.6) is 0 Å². The molecule has 1 aromatic heterocycles. The zero-order valence-corrected chi connectivity index (χ0v) is 14.7. The average molecular weight is 408 g/mol. The van der Waals surface area contributed by atoms with Crippen molar-refractivity contribution in [2.24, 2.45) is 0 Å². The monoisotopic (exact) mass is 408 g/mol. The summed E-state index contributed by atoms with van der Waals surface area (Å²) in [6.45, 7) is 0.865. The second-order valence-corrected chi connectivity index (χ2v) is 6.06. The fourth-order valence-electron chi connectivity index (χ4n) is 2.63. The predicted molar refractivity (Wildman–Crippen MR) is 93.4 cm³/mol. The average Bonchev–Trinajstić information content (AvgIpc) is 3.10. The summed E-state index contributed by atoms with van der Waals surface area (Å²) >= 11 is 0. The van der Waals surface area contributed by atoms with Crippen LogP contribution >= 0.6 is 0 Å². The molecule has 1 N–H and O–H groups in total. The first kappa shape index (κ1) is 20.0. The van der Waals surface area contributed by atoms with Gasteiger partial charge in [0.25, 0.3) is 11.6 Å². The molecule has 0 spiro atoms. The Morgan fingerprint density at radius 3 is 2.38 bits per heavy atom. The van der Waals surface area contributed by atoms with Crippen LogP contribution in [0, 0.1) is 40.3 Å². The van der Waals surface area contributed by atoms with Crippen molar-refractivity contribution in [1.82, 2.24) is 9.78 Å². The van der Waals surface area contributed by atoms with Gasteiger partial charge in [-0.2, -0.15) is 5.10 Å². The van der Waals surface area contributed by atoms with Gasteiger partial charge in [-0.1, -0.05) is 0 Å². The SMILES string of the molecule is Cc1cc(C(=O)Nc2ccn(Cc3c(F)c(F)cc(F)c3F)n2)ccc1[N+](=O)[O-]. The number of carbonyl (C=O) groups excluding carboxylic acids is 1. The van der Waals surface area contributed by atoms with Crippen molar-refractivity contribution in [2.45, 2.75) is 13.5 Å². The molecule has 7 nitrogen and oxygen atoms in total. The molecule has 3 aromatic rings. The molecule has 0 saturated heterocycles. The van der Waals surface area contributed by atoms with Crippen molar-refractivity contribution in [3.8, 4) is 0 Å². The van der Waals surface area contributed by atoms with E-state index in [1.54, 1.807) is 0 Å². The van der Waals surface area contributed by atoms with Crippen LogP contribution in [0.1, 0.15) is 21.5 Å². The van der Waals surface area contributed by atoms with E-state index in [0.29, 0.717) is 0 Å². The number of nitro benzene ring substituents is 1. The molecule has 1 heterocycles. The Morgan fingerprint density at radius 2 is 1.79 bits per heavy atom. The molecule has 0 unspecified atom stereocenters. The summed E-state index contributed by atoms with van der Waals surface area (Å²) in [6, 6.07) is 5.19. The molecule has 0 bridgehead atoms. The first-order chi connectivity index (χ1) is 13.7. The van der Waals surface area contributed by atoms with Gasteiger partial charge >= 0.3 is 0 Å². The van der Waals surface area contributed by atoms with Crippen molar-refractivity contribution in [2.75, 3.05) is 5.32 Å². The zero-order chi connectivity index (χ0) is 21.3. The molecule has 29 heavy (non-hydrogen) atoms. The van der Waals surface area contributed by atoms with Crippen molar-refractivity contribution in [3.63, 3.8) is 0 Å². The number of carbonyl (C=O) groups is 1. The molecule has 0 aliphatic carbocycles. The van der Waals surface area contributed by atoms with Gasteiger partial charge in [0.1, 0.15) is 0 Å². The Hall–Kier alpha value is -3.76. The number of amides is 1. The molecule has 0 fully saturated rings. The molecule has 150 valence electrons. The minimum atomic E-state index is -1.54. The van der Waals surface area contributed by atoms with E-state index in [4.69, 9.17) is 0 Å². The highest BCUT2D eigenvalue weighted by Gasteiger charge is 2.20. The Labute approximate surface area is 160 Å². The Balaban J connectivity index is 1.77. The second-order valence-electron chi connectivity index (χ2n) is 6.06. The van der Waals surface area contributed by atoms with Crippen LogP contribution in [0.2, 0.25) is 0 Å². The minimum Gasteiger partial charge on any atom is -0.305 e. The summed E-state index contributed by atoms with van der Waals surface area (Å²) in [6.07, 6.45) is 1.25. The van der Waals surface area contributed by atoms with Gasteiger partial charge in [0.2, 0.25) is 0 Å². The molecular formula is C18H12F4N4O3. The third-order valence-electron chi connectivity index (χ3n) is 4.06. The fourth-order valence-corrected chi connectivity index (χ4v) is 2.63. The van der Waals surface area contributed by atoms with Crippen LogP contribution in [0.3, 0.4) is 0 Å². The van der Waals surface area contributed by atoms with Gasteiger partial charge in [-0.15, -0.1) is 0 Å². The highest BCUT2D eigenvalue weighted by atomic mass is 19.2. The van der Waals surface area contributed by atoms with E-state index >= 15 is 0 Å². The maximum atomic E-state index is 13.8. The third kappa shape index (κ3) is 4.08. The number of rotatable bonds is 5. The molecule has 1 amide bonds. The summed E-state index contributed by atoms with van der Waals surface area (Å²) in [7, 11) is 0. The number of nitrogens with zero attached hydrogens (tertiary/aromatic N) is 3. The molecule has 0 aliphatic rings. The van der Waals surface area contributed by atoms with Crippen LogP contribution in [0.4, 0.5) is 29.1 Å². The zero-order valence-electron chi connectivity index (χ0n) is 14.7. The van der Waals surface area contributed by atoms with E-state index in [1.807, 2.05) is 0 Å². The van der Waals surface area contributed by atoms with E-state index in [1.165, 1.54) is 37.4 Å². The summed E-state index contributed by atoms with van der Waals surface area (Å²) < 4.78 is 55.1. The number of nitrogens with one attached hydrogen (secondary N) is 1. The van der Waals surface area contributed by atoms with Crippen molar-refractivity contribution in [3.05, 3.63) is 86.6 Å². The van der Waals surface area contributed by atoms with Gasteiger partial charge in [0, 0.05) is 35.5 Å². The van der Waals surface area contributed by atoms with Crippen LogP contribution in [0.15, 0.2) is 36.5 Å². The molecular weight excluding hydrogens is 396 g/mol. The maximum Gasteiger partial charge on any atom is 0.272 e. The number of hydrogen-bond acceptors (Lipinski definition) is 4. The largest absolute Gasteiger partial charge is 0.305 e. The molecule has 3 rings (SSSR count). The molecule has 0 saturated carbocycles. The standard InChI is InChI=1S/C18H12F4N4O3/c1-9-6-10(2-3-14(9)26(28)29)18(27)23-15-4-5-25(24-15)8-11-16(21)12(19)7-13(20)17(11)22/h2-7H,8H2,1H3,(H,23,24,27). The van der Waals surface area contributed by atoms with Crippen LogP contribution in [0.25, 0.3) is 0 Å². The van der Waals surface area contributed by atoms with Crippen molar-refractivity contribution < 1.29 is 27.3 Å². The molecule has 2 aromatic carbocycles. The van der Waals surface area contributed by atoms with Crippen molar-refractivity contribution in [1.29, 1.82) is 0 Å². The molecule has 0 radical (unpaired) electrons. The van der Waals surface area contributed by atoms with Crippen LogP contribution in [-0.2, 0) is 6.54 Å². The van der Waals surface area contributed by atoms with Gasteiger partial charge in [-0.05, 0) is 19.1 Å². The van der Waals surface area contributed by atoms with Crippen molar-refractivity contribution >= 4 is 17.4 Å². The first-order valence-corrected chi connectivity index (χ1v) is 8.09. The maximum absolute atomic E-state index is 13.8. The summed E-state index contributed by atoms with van der Waals surface area (Å²) in [5.74, 6) is -6.76. The minimum absolute atomic E-state index is 0.00342. The first-order valence-electron chi connectivity index (χ1n) is 8.09. The highest BCUT2D eigenvalue weighted by molar-refractivity contribution is 6.04. The molecule has 0 atom stereocenters. The van der Waals surface area contributed by atoms with Gasteiger partial charge in [0.15, 0.2) is 29.1 Å². The lowest BCUT2D eigenvalue weighted by Crippen LogP contribution is -2.14.